The molecule has 0 spiro atoms. The van der Waals surface area contributed by atoms with E-state index in [9.17, 15) is 19.0 Å². The molecule has 1 atom stereocenters. The number of hydrogen-bond donors (Lipinski definition) is 3. The second kappa shape index (κ2) is 20.2. The molecule has 1 fully saturated rings. The minimum Gasteiger partial charge on any atom is -0.491 e. The molecule has 0 bridgehead atoms. The lowest BCUT2D eigenvalue weighted by molar-refractivity contribution is -0.113. The fourth-order valence-electron chi connectivity index (χ4n) is 7.30. The molecule has 4 heterocycles. The summed E-state index contributed by atoms with van der Waals surface area (Å²) in [5, 5.41) is 4.44. The summed E-state index contributed by atoms with van der Waals surface area (Å²) in [6, 6.07) is 26.6. The van der Waals surface area contributed by atoms with E-state index in [-0.39, 0.29) is 30.9 Å². The van der Waals surface area contributed by atoms with Crippen LogP contribution in [0.25, 0.3) is 43.2 Å². The Morgan fingerprint density at radius 3 is 2.48 bits per heavy atom. The van der Waals surface area contributed by atoms with Gasteiger partial charge in [0.1, 0.15) is 41.7 Å². The number of nitrogens with one attached hydrogen (secondary N) is 1. The Bertz CT molecular complexity index is 2650. The summed E-state index contributed by atoms with van der Waals surface area (Å²) in [6.07, 6.45) is 3.22. The molecule has 0 saturated carbocycles. The Balaban J connectivity index is 1.05. The Morgan fingerprint density at radius 2 is 1.71 bits per heavy atom. The van der Waals surface area contributed by atoms with E-state index in [0.717, 1.165) is 82.8 Å². The zero-order valence-corrected chi connectivity index (χ0v) is 36.2. The Hall–Kier alpha value is -5.44. The van der Waals surface area contributed by atoms with E-state index in [0.29, 0.717) is 44.9 Å². The Labute approximate surface area is 368 Å². The number of carbonyl (C=O) groups excluding carboxylic acids is 1. The van der Waals surface area contributed by atoms with Crippen molar-refractivity contribution in [1.29, 1.82) is 0 Å². The van der Waals surface area contributed by atoms with Gasteiger partial charge in [0.25, 0.3) is 0 Å². The number of piperazine rings is 1. The van der Waals surface area contributed by atoms with Crippen molar-refractivity contribution in [2.45, 2.75) is 32.2 Å². The molecule has 1 aliphatic heterocycles. The normalized spacial score (nSPS) is 13.6. The highest BCUT2D eigenvalue weighted by Crippen LogP contribution is 2.49. The molecule has 1 aliphatic rings. The second-order valence-electron chi connectivity index (χ2n) is 14.7. The molecule has 0 aliphatic carbocycles. The van der Waals surface area contributed by atoms with Crippen molar-refractivity contribution in [1.82, 2.24) is 30.2 Å². The minimum absolute atomic E-state index is 0.134. The number of benzene rings is 4. The quantitative estimate of drug-likeness (QED) is 0.0595. The van der Waals surface area contributed by atoms with E-state index in [1.165, 1.54) is 29.8 Å². The summed E-state index contributed by atoms with van der Waals surface area (Å²) < 4.78 is 33.1. The van der Waals surface area contributed by atoms with Gasteiger partial charge in [-0.1, -0.05) is 72.3 Å². The number of aldehydes is 1. The summed E-state index contributed by atoms with van der Waals surface area (Å²) in [7, 11) is -2.03. The first-order valence-corrected chi connectivity index (χ1v) is 22.6. The maximum Gasteiger partial charge on any atom is 0.226 e. The van der Waals surface area contributed by atoms with Crippen LogP contribution in [0, 0.1) is 12.7 Å². The van der Waals surface area contributed by atoms with E-state index >= 15 is 0 Å². The van der Waals surface area contributed by atoms with Crippen LogP contribution in [-0.2, 0) is 24.0 Å². The van der Waals surface area contributed by atoms with Gasteiger partial charge in [0, 0.05) is 67.5 Å². The molecule has 7 aromatic rings. The summed E-state index contributed by atoms with van der Waals surface area (Å²) in [4.78, 5) is 53.6. The first-order valence-electron chi connectivity index (χ1n) is 20.0. The molecule has 1 saturated heterocycles. The molecule has 4 aromatic carbocycles. The van der Waals surface area contributed by atoms with Gasteiger partial charge >= 0.3 is 0 Å². The van der Waals surface area contributed by atoms with Crippen LogP contribution < -0.4 is 19.5 Å². The smallest absolute Gasteiger partial charge is 0.226 e. The third-order valence-electron chi connectivity index (χ3n) is 10.5. The van der Waals surface area contributed by atoms with Crippen LogP contribution in [0.5, 0.6) is 17.4 Å². The van der Waals surface area contributed by atoms with E-state index in [4.69, 9.17) is 25.8 Å². The van der Waals surface area contributed by atoms with Crippen molar-refractivity contribution in [2.24, 2.45) is 0 Å². The summed E-state index contributed by atoms with van der Waals surface area (Å²) in [5.41, 5.74) is 6.05. The fraction of sp³-hybridized carbons (Fsp3) is 0.239. The highest BCUT2D eigenvalue weighted by atomic mass is 35.5. The monoisotopic (exact) mass is 892 g/mol. The van der Waals surface area contributed by atoms with Crippen LogP contribution in [0.1, 0.15) is 22.4 Å². The summed E-state index contributed by atoms with van der Waals surface area (Å²) >= 11 is 8.46. The highest BCUT2D eigenvalue weighted by molar-refractivity contribution is 7.44. The number of rotatable bonds is 17. The first-order chi connectivity index (χ1) is 30.2. The lowest BCUT2D eigenvalue weighted by Gasteiger charge is -2.27. The van der Waals surface area contributed by atoms with Gasteiger partial charge in [0.2, 0.25) is 5.88 Å². The van der Waals surface area contributed by atoms with Crippen LogP contribution in [-0.4, -0.2) is 86.3 Å². The standard InChI is InChI=1S/C46H43ClFN6O6PS/c1-29-37(14-15-39(42(29)47)58-23-22-54-20-18-49-19-21-54)40-41-45(51-28-52-46(41)62-43(40)31-10-12-34(48)13-11-31)60-36(25-55)24-33-4-2-3-5-38(33)59-26-35-16-17-50-44(53-35)32-8-6-30(7-9-32)27-61(56)57/h2-17,25,28,36,49,56-57H,18-24,26-27H2,1H3. The molecule has 1 unspecified atom stereocenters. The molecular formula is C46H43ClFN6O6PS. The van der Waals surface area contributed by atoms with Gasteiger partial charge in [-0.15, -0.1) is 11.3 Å². The molecule has 3 N–H and O–H groups in total. The van der Waals surface area contributed by atoms with Crippen LogP contribution in [0.2, 0.25) is 5.02 Å². The lowest BCUT2D eigenvalue weighted by Crippen LogP contribution is -2.44. The molecule has 12 nitrogen and oxygen atoms in total. The maximum absolute atomic E-state index is 14.2. The number of halogens is 2. The summed E-state index contributed by atoms with van der Waals surface area (Å²) in [5.74, 6) is 1.50. The third kappa shape index (κ3) is 10.3. The largest absolute Gasteiger partial charge is 0.491 e. The zero-order chi connectivity index (χ0) is 43.0. The number of thiophene rings is 1. The Morgan fingerprint density at radius 1 is 0.935 bits per heavy atom. The Kier molecular flexibility index (Phi) is 14.1. The zero-order valence-electron chi connectivity index (χ0n) is 33.7. The van der Waals surface area contributed by atoms with Gasteiger partial charge in [0.05, 0.1) is 16.1 Å². The predicted octanol–water partition coefficient (Wildman–Crippen LogP) is 8.43. The van der Waals surface area contributed by atoms with E-state index in [1.807, 2.05) is 67.6 Å². The molecule has 0 amide bonds. The van der Waals surface area contributed by atoms with Gasteiger partial charge < -0.3 is 29.3 Å². The van der Waals surface area contributed by atoms with Crippen molar-refractivity contribution in [3.05, 3.63) is 137 Å². The average molecular weight is 893 g/mol. The molecule has 16 heteroatoms. The lowest BCUT2D eigenvalue weighted by atomic mass is 9.96. The van der Waals surface area contributed by atoms with Gasteiger partial charge in [0.15, 0.2) is 26.6 Å². The highest BCUT2D eigenvalue weighted by Gasteiger charge is 2.26. The van der Waals surface area contributed by atoms with Crippen LogP contribution in [0.15, 0.2) is 104 Å². The number of ether oxygens (including phenoxy) is 3. The molecule has 318 valence electrons. The van der Waals surface area contributed by atoms with Crippen LogP contribution >= 0.6 is 31.3 Å². The van der Waals surface area contributed by atoms with Crippen LogP contribution in [0.3, 0.4) is 0 Å². The van der Waals surface area contributed by atoms with Gasteiger partial charge in [-0.2, -0.15) is 0 Å². The number of para-hydroxylation sites is 1. The predicted molar refractivity (Wildman–Crippen MR) is 240 cm³/mol. The van der Waals surface area contributed by atoms with Gasteiger partial charge in [-0.05, 0) is 65.1 Å². The number of fused-ring (bicyclic) bond motifs is 1. The average Bonchev–Trinajstić information content (AvgIpc) is 3.68. The molecule has 62 heavy (non-hydrogen) atoms. The van der Waals surface area contributed by atoms with E-state index in [2.05, 4.69) is 30.2 Å². The summed E-state index contributed by atoms with van der Waals surface area (Å²) in [6.45, 7) is 7.19. The SMILES string of the molecule is Cc1c(-c2c(-c3ccc(F)cc3)sc3ncnc(OC(C=O)Cc4ccccc4OCc4ccnc(-c5ccc(CP(O)O)cc5)n4)c23)ccc(OCCN2CCNCC2)c1Cl. The second-order valence-corrected chi connectivity index (χ2v) is 17.1. The van der Waals surface area contributed by atoms with E-state index < -0.39 is 14.5 Å². The van der Waals surface area contributed by atoms with Crippen molar-refractivity contribution >= 4 is 47.8 Å². The van der Waals surface area contributed by atoms with E-state index in [1.54, 1.807) is 24.4 Å². The third-order valence-corrected chi connectivity index (χ3v) is 12.8. The topological polar surface area (TPSA) is 152 Å². The number of hydrogen-bond acceptors (Lipinski definition) is 13. The number of nitrogens with zero attached hydrogens (tertiary/aromatic N) is 5. The van der Waals surface area contributed by atoms with Crippen molar-refractivity contribution < 1.29 is 33.2 Å². The molecule has 3 aromatic heterocycles. The fourth-order valence-corrected chi connectivity index (χ4v) is 9.21. The van der Waals surface area contributed by atoms with Crippen molar-refractivity contribution in [2.75, 3.05) is 39.3 Å². The van der Waals surface area contributed by atoms with Crippen molar-refractivity contribution in [3.8, 4) is 50.3 Å². The number of carbonyl (C=O) groups is 1. The van der Waals surface area contributed by atoms with Gasteiger partial charge in [-0.25, -0.2) is 24.3 Å². The van der Waals surface area contributed by atoms with Crippen molar-refractivity contribution in [3.63, 3.8) is 0 Å². The maximum atomic E-state index is 14.2. The molecule has 0 radical (unpaired) electrons. The molecule has 8 rings (SSSR count). The first kappa shape index (κ1) is 43.2. The molecular weight excluding hydrogens is 850 g/mol. The minimum atomic E-state index is -2.03. The van der Waals surface area contributed by atoms with Gasteiger partial charge in [-0.3, -0.25) is 9.69 Å². The van der Waals surface area contributed by atoms with Crippen LogP contribution in [0.4, 0.5) is 4.39 Å². The number of aromatic nitrogens is 4.